The number of para-hydroxylation sites is 1. The molecule has 0 aliphatic carbocycles. The van der Waals surface area contributed by atoms with Crippen molar-refractivity contribution >= 4 is 49.7 Å². The Morgan fingerprint density at radius 2 is 2.10 bits per heavy atom. The molecule has 0 amide bonds. The minimum atomic E-state index is -3.96. The molecule has 1 fully saturated rings. The third-order valence-corrected chi connectivity index (χ3v) is 7.25. The minimum absolute atomic E-state index is 0.0194. The number of fused-ring (bicyclic) bond motifs is 1. The van der Waals surface area contributed by atoms with E-state index in [1.807, 2.05) is 0 Å². The number of nitrogens with one attached hydrogen (secondary N) is 2. The van der Waals surface area contributed by atoms with Gasteiger partial charge in [0.05, 0.1) is 29.1 Å². The first kappa shape index (κ1) is 21.5. The summed E-state index contributed by atoms with van der Waals surface area (Å²) in [5.41, 5.74) is 0.590. The van der Waals surface area contributed by atoms with Crippen LogP contribution in [0.15, 0.2) is 47.5 Å². The smallest absolute Gasteiger partial charge is 0.337 e. The molecule has 31 heavy (non-hydrogen) atoms. The summed E-state index contributed by atoms with van der Waals surface area (Å²) in [6.45, 7) is 2.71. The second-order valence-electron chi connectivity index (χ2n) is 7.14. The number of anilines is 2. The molecule has 3 aromatic rings. The molecule has 0 saturated carbocycles. The Kier molecular flexibility index (Phi) is 5.85. The average molecular weight is 462 g/mol. The van der Waals surface area contributed by atoms with Crippen LogP contribution in [0.1, 0.15) is 15.9 Å². The van der Waals surface area contributed by atoms with Crippen LogP contribution in [0.25, 0.3) is 10.9 Å². The Labute approximate surface area is 184 Å². The predicted molar refractivity (Wildman–Crippen MR) is 118 cm³/mol. The van der Waals surface area contributed by atoms with Crippen molar-refractivity contribution in [3.05, 3.63) is 58.7 Å². The van der Waals surface area contributed by atoms with Gasteiger partial charge in [0.2, 0.25) is 9.84 Å². The summed E-state index contributed by atoms with van der Waals surface area (Å²) in [6.07, 6.45) is 1.27. The van der Waals surface area contributed by atoms with Crippen molar-refractivity contribution in [2.24, 2.45) is 0 Å². The molecule has 8 nitrogen and oxygen atoms in total. The van der Waals surface area contributed by atoms with Crippen LogP contribution in [-0.2, 0) is 14.6 Å². The number of benzene rings is 2. The highest BCUT2D eigenvalue weighted by Gasteiger charge is 2.33. The number of aromatic carboxylic acids is 1. The van der Waals surface area contributed by atoms with Crippen molar-refractivity contribution in [1.82, 2.24) is 10.3 Å². The summed E-state index contributed by atoms with van der Waals surface area (Å²) < 4.78 is 32.4. The third-order valence-electron chi connectivity index (χ3n) is 5.09. The number of carbonyl (C=O) groups is 1. The SMILES string of the molecule is Cc1cccc(C(=O)O)c1Nc1c(S(=O)(=O)C2CNCCO2)cnc2ccc(Cl)cc12. The normalized spacial score (nSPS) is 16.9. The molecule has 1 saturated heterocycles. The van der Waals surface area contributed by atoms with Crippen molar-refractivity contribution < 1.29 is 23.1 Å². The molecule has 1 atom stereocenters. The lowest BCUT2D eigenvalue weighted by Crippen LogP contribution is -2.43. The minimum Gasteiger partial charge on any atom is -0.478 e. The molecule has 1 aromatic heterocycles. The number of morpholine rings is 1. The van der Waals surface area contributed by atoms with Crippen LogP contribution < -0.4 is 10.6 Å². The maximum atomic E-state index is 13.4. The van der Waals surface area contributed by atoms with Crippen LogP contribution in [0.4, 0.5) is 11.4 Å². The van der Waals surface area contributed by atoms with Crippen LogP contribution in [-0.4, -0.2) is 49.6 Å². The van der Waals surface area contributed by atoms with E-state index in [0.29, 0.717) is 33.7 Å². The van der Waals surface area contributed by atoms with E-state index in [1.165, 1.54) is 12.3 Å². The highest BCUT2D eigenvalue weighted by Crippen LogP contribution is 2.37. The fourth-order valence-electron chi connectivity index (χ4n) is 3.51. The number of hydrogen-bond acceptors (Lipinski definition) is 7. The number of pyridine rings is 1. The van der Waals surface area contributed by atoms with E-state index in [2.05, 4.69) is 15.6 Å². The first-order chi connectivity index (χ1) is 14.8. The number of ether oxygens (including phenoxy) is 1. The number of hydrogen-bond donors (Lipinski definition) is 3. The maximum Gasteiger partial charge on any atom is 0.337 e. The van der Waals surface area contributed by atoms with Gasteiger partial charge < -0.3 is 20.5 Å². The van der Waals surface area contributed by atoms with Gasteiger partial charge in [-0.3, -0.25) is 4.98 Å². The number of nitrogens with zero attached hydrogens (tertiary/aromatic N) is 1. The Bertz CT molecular complexity index is 1270. The van der Waals surface area contributed by atoms with Crippen LogP contribution in [0, 0.1) is 6.92 Å². The number of aryl methyl sites for hydroxylation is 1. The molecule has 162 valence electrons. The van der Waals surface area contributed by atoms with Crippen molar-refractivity contribution in [2.45, 2.75) is 17.3 Å². The van der Waals surface area contributed by atoms with Gasteiger partial charge in [0.1, 0.15) is 4.90 Å². The first-order valence-corrected chi connectivity index (χ1v) is 11.5. The zero-order chi connectivity index (χ0) is 22.2. The molecule has 4 rings (SSSR count). The number of rotatable bonds is 5. The highest BCUT2D eigenvalue weighted by atomic mass is 35.5. The van der Waals surface area contributed by atoms with Gasteiger partial charge in [-0.25, -0.2) is 13.2 Å². The zero-order valence-corrected chi connectivity index (χ0v) is 18.1. The summed E-state index contributed by atoms with van der Waals surface area (Å²) in [4.78, 5) is 16.0. The summed E-state index contributed by atoms with van der Waals surface area (Å²) in [7, 11) is -3.96. The third kappa shape index (κ3) is 4.09. The van der Waals surface area contributed by atoms with Gasteiger partial charge in [-0.2, -0.15) is 0 Å². The van der Waals surface area contributed by atoms with E-state index in [0.717, 1.165) is 0 Å². The van der Waals surface area contributed by atoms with Crippen molar-refractivity contribution in [1.29, 1.82) is 0 Å². The van der Waals surface area contributed by atoms with Crippen molar-refractivity contribution in [3.8, 4) is 0 Å². The molecule has 3 N–H and O–H groups in total. The van der Waals surface area contributed by atoms with E-state index in [9.17, 15) is 18.3 Å². The van der Waals surface area contributed by atoms with Gasteiger partial charge in [0, 0.05) is 29.7 Å². The molecule has 0 bridgehead atoms. The van der Waals surface area contributed by atoms with Gasteiger partial charge in [-0.1, -0.05) is 23.7 Å². The topological polar surface area (TPSA) is 118 Å². The Morgan fingerprint density at radius 3 is 2.81 bits per heavy atom. The monoisotopic (exact) mass is 461 g/mol. The number of sulfone groups is 1. The molecular formula is C21H20ClN3O5S. The van der Waals surface area contributed by atoms with Gasteiger partial charge in [-0.15, -0.1) is 0 Å². The molecule has 1 aliphatic heterocycles. The van der Waals surface area contributed by atoms with Crippen LogP contribution in [0.5, 0.6) is 0 Å². The lowest BCUT2D eigenvalue weighted by Gasteiger charge is -2.25. The Hall–Kier alpha value is -2.72. The molecule has 1 aliphatic rings. The lowest BCUT2D eigenvalue weighted by molar-refractivity contribution is 0.0698. The fourth-order valence-corrected chi connectivity index (χ4v) is 5.22. The first-order valence-electron chi connectivity index (χ1n) is 9.53. The van der Waals surface area contributed by atoms with Gasteiger partial charge >= 0.3 is 5.97 Å². The van der Waals surface area contributed by atoms with Crippen molar-refractivity contribution in [3.63, 3.8) is 0 Å². The van der Waals surface area contributed by atoms with Crippen LogP contribution in [0.3, 0.4) is 0 Å². The van der Waals surface area contributed by atoms with E-state index < -0.39 is 21.2 Å². The number of carboxylic acids is 1. The summed E-state index contributed by atoms with van der Waals surface area (Å²) in [5.74, 6) is -1.13. The van der Waals surface area contributed by atoms with Crippen molar-refractivity contribution in [2.75, 3.05) is 25.0 Å². The second-order valence-corrected chi connectivity index (χ2v) is 9.63. The van der Waals surface area contributed by atoms with Gasteiger partial charge in [0.15, 0.2) is 5.44 Å². The molecule has 2 heterocycles. The van der Waals surface area contributed by atoms with E-state index in [-0.39, 0.29) is 29.3 Å². The zero-order valence-electron chi connectivity index (χ0n) is 16.6. The number of halogens is 1. The molecule has 1 unspecified atom stereocenters. The molecule has 10 heteroatoms. The van der Waals surface area contributed by atoms with Crippen LogP contribution >= 0.6 is 11.6 Å². The lowest BCUT2D eigenvalue weighted by atomic mass is 10.1. The van der Waals surface area contributed by atoms with Gasteiger partial charge in [-0.05, 0) is 36.8 Å². The summed E-state index contributed by atoms with van der Waals surface area (Å²) in [5, 5.41) is 16.6. The van der Waals surface area contributed by atoms with E-state index >= 15 is 0 Å². The summed E-state index contributed by atoms with van der Waals surface area (Å²) in [6, 6.07) is 9.76. The molecule has 0 radical (unpaired) electrons. The molecular weight excluding hydrogens is 442 g/mol. The Balaban J connectivity index is 1.96. The fraction of sp³-hybridized carbons (Fsp3) is 0.238. The van der Waals surface area contributed by atoms with E-state index in [4.69, 9.17) is 16.3 Å². The van der Waals surface area contributed by atoms with E-state index in [1.54, 1.807) is 37.3 Å². The van der Waals surface area contributed by atoms with Gasteiger partial charge in [0.25, 0.3) is 0 Å². The predicted octanol–water partition coefficient (Wildman–Crippen LogP) is 3.36. The largest absolute Gasteiger partial charge is 0.478 e. The standard InChI is InChI=1S/C21H20ClN3O5S/c1-12-3-2-4-14(21(26)27)19(12)25-20-15-9-13(22)5-6-16(15)24-10-17(20)31(28,29)18-11-23-7-8-30-18/h2-6,9-10,18,23H,7-8,11H2,1H3,(H,24,25)(H,26,27). The number of carboxylic acid groups (broad SMARTS) is 1. The number of aromatic nitrogens is 1. The average Bonchev–Trinajstić information content (AvgIpc) is 2.75. The molecule has 0 spiro atoms. The van der Waals surface area contributed by atoms with Crippen LogP contribution in [0.2, 0.25) is 5.02 Å². The Morgan fingerprint density at radius 1 is 1.29 bits per heavy atom. The molecule has 2 aromatic carbocycles. The maximum absolute atomic E-state index is 13.4. The highest BCUT2D eigenvalue weighted by molar-refractivity contribution is 7.92. The summed E-state index contributed by atoms with van der Waals surface area (Å²) >= 11 is 6.19. The quantitative estimate of drug-likeness (QED) is 0.529. The second kappa shape index (κ2) is 8.43.